The number of ether oxygens (including phenoxy) is 1. The molecule has 1 aromatic carbocycles. The minimum absolute atomic E-state index is 0.0767. The molecular formula is C16H17NO5S. The smallest absolute Gasteiger partial charge is 0.311 e. The molecule has 122 valence electrons. The Morgan fingerprint density at radius 1 is 1.09 bits per heavy atom. The van der Waals surface area contributed by atoms with E-state index in [2.05, 4.69) is 4.74 Å². The minimum atomic E-state index is -3.30. The molecular weight excluding hydrogens is 318 g/mol. The van der Waals surface area contributed by atoms with Gasteiger partial charge in [-0.05, 0) is 36.4 Å². The molecule has 0 aliphatic carbocycles. The van der Waals surface area contributed by atoms with Gasteiger partial charge < -0.3 is 9.30 Å². The topological polar surface area (TPSA) is 82.4 Å². The molecule has 0 fully saturated rings. The second-order valence-electron chi connectivity index (χ2n) is 5.15. The molecule has 7 heteroatoms. The van der Waals surface area contributed by atoms with Crippen LogP contribution in [0.3, 0.4) is 0 Å². The maximum Gasteiger partial charge on any atom is 0.311 e. The summed E-state index contributed by atoms with van der Waals surface area (Å²) in [5.41, 5.74) is 1.45. The summed E-state index contributed by atoms with van der Waals surface area (Å²) in [6, 6.07) is 9.08. The first-order valence-electron chi connectivity index (χ1n) is 6.80. The van der Waals surface area contributed by atoms with Crippen LogP contribution in [0, 0.1) is 0 Å². The molecule has 1 aromatic heterocycles. The van der Waals surface area contributed by atoms with Gasteiger partial charge in [-0.2, -0.15) is 0 Å². The highest BCUT2D eigenvalue weighted by molar-refractivity contribution is 7.90. The second kappa shape index (κ2) is 6.37. The van der Waals surface area contributed by atoms with Gasteiger partial charge in [0, 0.05) is 24.6 Å². The summed E-state index contributed by atoms with van der Waals surface area (Å²) in [4.78, 5) is 24.0. The predicted molar refractivity (Wildman–Crippen MR) is 84.1 cm³/mol. The van der Waals surface area contributed by atoms with E-state index in [1.165, 1.54) is 31.4 Å². The molecule has 0 spiro atoms. The van der Waals surface area contributed by atoms with E-state index < -0.39 is 9.84 Å². The van der Waals surface area contributed by atoms with Crippen molar-refractivity contribution in [3.63, 3.8) is 0 Å². The first-order valence-corrected chi connectivity index (χ1v) is 8.69. The Bertz CT molecular complexity index is 847. The van der Waals surface area contributed by atoms with E-state index in [-0.39, 0.29) is 23.1 Å². The predicted octanol–water partition coefficient (Wildman–Crippen LogP) is 1.38. The van der Waals surface area contributed by atoms with Crippen molar-refractivity contribution in [2.24, 2.45) is 7.05 Å². The summed E-state index contributed by atoms with van der Waals surface area (Å²) >= 11 is 0. The largest absolute Gasteiger partial charge is 0.469 e. The van der Waals surface area contributed by atoms with Crippen LogP contribution < -0.4 is 0 Å². The lowest BCUT2D eigenvalue weighted by Crippen LogP contribution is -2.12. The Morgan fingerprint density at radius 2 is 1.70 bits per heavy atom. The molecule has 23 heavy (non-hydrogen) atoms. The van der Waals surface area contributed by atoms with E-state index in [1.54, 1.807) is 23.7 Å². The van der Waals surface area contributed by atoms with Crippen molar-refractivity contribution in [1.82, 2.24) is 4.57 Å². The van der Waals surface area contributed by atoms with Gasteiger partial charge >= 0.3 is 5.97 Å². The van der Waals surface area contributed by atoms with Crippen LogP contribution in [0.4, 0.5) is 0 Å². The van der Waals surface area contributed by atoms with Crippen LogP contribution in [-0.2, 0) is 32.8 Å². The van der Waals surface area contributed by atoms with Crippen LogP contribution in [0.25, 0.3) is 0 Å². The Hall–Kier alpha value is -2.41. The van der Waals surface area contributed by atoms with Gasteiger partial charge in [0.2, 0.25) is 5.78 Å². The van der Waals surface area contributed by atoms with Gasteiger partial charge in [-0.3, -0.25) is 9.59 Å². The highest BCUT2D eigenvalue weighted by atomic mass is 32.2. The van der Waals surface area contributed by atoms with Gasteiger partial charge in [0.05, 0.1) is 24.1 Å². The van der Waals surface area contributed by atoms with Gasteiger partial charge in [-0.25, -0.2) is 8.42 Å². The van der Waals surface area contributed by atoms with Crippen LogP contribution in [0.2, 0.25) is 0 Å². The molecule has 0 radical (unpaired) electrons. The van der Waals surface area contributed by atoms with Crippen molar-refractivity contribution in [1.29, 1.82) is 0 Å². The molecule has 0 saturated carbocycles. The fourth-order valence-electron chi connectivity index (χ4n) is 2.18. The van der Waals surface area contributed by atoms with E-state index in [4.69, 9.17) is 0 Å². The van der Waals surface area contributed by atoms with Gasteiger partial charge in [0.25, 0.3) is 0 Å². The number of carbonyl (C=O) groups excluding carboxylic acids is 2. The number of rotatable bonds is 5. The maximum absolute atomic E-state index is 12.5. The summed E-state index contributed by atoms with van der Waals surface area (Å²) in [6.07, 6.45) is 1.19. The van der Waals surface area contributed by atoms with Gasteiger partial charge in [0.1, 0.15) is 0 Å². The first kappa shape index (κ1) is 17.0. The summed E-state index contributed by atoms with van der Waals surface area (Å²) in [5.74, 6) is -0.633. The van der Waals surface area contributed by atoms with Crippen molar-refractivity contribution in [3.8, 4) is 0 Å². The lowest BCUT2D eigenvalue weighted by molar-refractivity contribution is -0.139. The Labute approximate surface area is 134 Å². The summed E-state index contributed by atoms with van der Waals surface area (Å²) in [6.45, 7) is 0. The molecule has 0 amide bonds. The number of ketones is 1. The van der Waals surface area contributed by atoms with Crippen LogP contribution in [0.5, 0.6) is 0 Å². The molecule has 6 nitrogen and oxygen atoms in total. The number of aromatic nitrogens is 1. The van der Waals surface area contributed by atoms with Crippen molar-refractivity contribution < 1.29 is 22.7 Å². The fraction of sp³-hybridized carbons (Fsp3) is 0.250. The quantitative estimate of drug-likeness (QED) is 0.609. The molecule has 0 N–H and O–H groups in total. The number of benzene rings is 1. The zero-order valence-electron chi connectivity index (χ0n) is 13.1. The number of nitrogens with zero attached hydrogens (tertiary/aromatic N) is 1. The Kier molecular flexibility index (Phi) is 4.70. The first-order chi connectivity index (χ1) is 10.7. The SMILES string of the molecule is COC(=O)Cc1ccc(C(=O)c2ccc(S(C)(=O)=O)cc2)n1C. The average Bonchev–Trinajstić information content (AvgIpc) is 2.86. The number of hydrogen-bond acceptors (Lipinski definition) is 5. The van der Waals surface area contributed by atoms with E-state index >= 15 is 0 Å². The van der Waals surface area contributed by atoms with Crippen molar-refractivity contribution in [2.45, 2.75) is 11.3 Å². The molecule has 1 heterocycles. The highest BCUT2D eigenvalue weighted by Gasteiger charge is 2.17. The lowest BCUT2D eigenvalue weighted by atomic mass is 10.1. The third-order valence-corrected chi connectivity index (χ3v) is 4.68. The monoisotopic (exact) mass is 335 g/mol. The molecule has 2 rings (SSSR count). The summed E-state index contributed by atoms with van der Waals surface area (Å²) < 4.78 is 29.1. The van der Waals surface area contributed by atoms with Crippen molar-refractivity contribution >= 4 is 21.6 Å². The van der Waals surface area contributed by atoms with Crippen LogP contribution >= 0.6 is 0 Å². The second-order valence-corrected chi connectivity index (χ2v) is 7.16. The molecule has 0 saturated heterocycles. The number of carbonyl (C=O) groups is 2. The molecule has 0 aliphatic rings. The van der Waals surface area contributed by atoms with Gasteiger partial charge in [-0.15, -0.1) is 0 Å². The Balaban J connectivity index is 2.29. The molecule has 2 aromatic rings. The summed E-state index contributed by atoms with van der Waals surface area (Å²) in [7, 11) is -0.301. The van der Waals surface area contributed by atoms with Crippen molar-refractivity contribution in [2.75, 3.05) is 13.4 Å². The van der Waals surface area contributed by atoms with Crippen LogP contribution in [-0.4, -0.2) is 38.1 Å². The van der Waals surface area contributed by atoms with Crippen molar-refractivity contribution in [3.05, 3.63) is 53.3 Å². The highest BCUT2D eigenvalue weighted by Crippen LogP contribution is 2.16. The van der Waals surface area contributed by atoms with E-state index in [0.717, 1.165) is 6.26 Å². The standard InChI is InChI=1S/C16H17NO5S/c1-17-12(10-15(18)22-2)6-9-14(17)16(19)11-4-7-13(8-5-11)23(3,20)21/h4-9H,10H2,1-3H3. The Morgan fingerprint density at radius 3 is 2.22 bits per heavy atom. The van der Waals surface area contributed by atoms with Gasteiger partial charge in [-0.1, -0.05) is 0 Å². The van der Waals surface area contributed by atoms with E-state index in [9.17, 15) is 18.0 Å². The minimum Gasteiger partial charge on any atom is -0.469 e. The van der Waals surface area contributed by atoms with Crippen LogP contribution in [0.1, 0.15) is 21.7 Å². The number of methoxy groups -OCH3 is 1. The number of esters is 1. The molecule has 0 unspecified atom stereocenters. The number of sulfone groups is 1. The average molecular weight is 335 g/mol. The zero-order valence-corrected chi connectivity index (χ0v) is 13.9. The zero-order chi connectivity index (χ0) is 17.2. The fourth-order valence-corrected chi connectivity index (χ4v) is 2.81. The van der Waals surface area contributed by atoms with Gasteiger partial charge in [0.15, 0.2) is 9.84 Å². The van der Waals surface area contributed by atoms with E-state index in [0.29, 0.717) is 17.0 Å². The normalized spacial score (nSPS) is 11.3. The van der Waals surface area contributed by atoms with Crippen LogP contribution in [0.15, 0.2) is 41.3 Å². The lowest BCUT2D eigenvalue weighted by Gasteiger charge is -2.07. The maximum atomic E-state index is 12.5. The molecule has 0 aliphatic heterocycles. The summed E-state index contributed by atoms with van der Waals surface area (Å²) in [5, 5.41) is 0. The third kappa shape index (κ3) is 3.68. The molecule has 0 bridgehead atoms. The van der Waals surface area contributed by atoms with E-state index in [1.807, 2.05) is 0 Å². The third-order valence-electron chi connectivity index (χ3n) is 3.56. The molecule has 0 atom stereocenters. The number of hydrogen-bond donors (Lipinski definition) is 0.